The van der Waals surface area contributed by atoms with Gasteiger partial charge in [0.05, 0.1) is 6.42 Å². The highest BCUT2D eigenvalue weighted by Gasteiger charge is 2.06. The molecule has 0 spiro atoms. The van der Waals surface area contributed by atoms with Crippen molar-refractivity contribution in [2.75, 3.05) is 6.54 Å². The minimum atomic E-state index is -0.0981. The fourth-order valence-electron chi connectivity index (χ4n) is 1.73. The summed E-state index contributed by atoms with van der Waals surface area (Å²) in [5, 5.41) is 18.9. The molecule has 1 heterocycles. The van der Waals surface area contributed by atoms with Gasteiger partial charge < -0.3 is 10.4 Å². The molecule has 1 aromatic carbocycles. The first-order valence-corrected chi connectivity index (χ1v) is 6.13. The molecular formula is C13H16N4O2. The van der Waals surface area contributed by atoms with Gasteiger partial charge in [0.2, 0.25) is 5.91 Å². The van der Waals surface area contributed by atoms with Crippen molar-refractivity contribution in [3.63, 3.8) is 0 Å². The molecule has 19 heavy (non-hydrogen) atoms. The predicted octanol–water partition coefficient (Wildman–Crippen LogP) is 0.802. The number of nitrogens with zero attached hydrogens (tertiary/aromatic N) is 2. The molecular weight excluding hydrogens is 244 g/mol. The Hall–Kier alpha value is -2.37. The quantitative estimate of drug-likeness (QED) is 0.670. The van der Waals surface area contributed by atoms with Crippen molar-refractivity contribution in [2.24, 2.45) is 0 Å². The van der Waals surface area contributed by atoms with Gasteiger partial charge in [0.15, 0.2) is 0 Å². The van der Waals surface area contributed by atoms with Crippen LogP contribution in [-0.2, 0) is 17.6 Å². The van der Waals surface area contributed by atoms with Crippen LogP contribution in [0.25, 0.3) is 0 Å². The number of aromatic hydroxyl groups is 1. The van der Waals surface area contributed by atoms with Gasteiger partial charge in [0.25, 0.3) is 0 Å². The zero-order valence-corrected chi connectivity index (χ0v) is 10.5. The maximum Gasteiger partial charge on any atom is 0.224 e. The molecule has 1 aromatic heterocycles. The average Bonchev–Trinajstić information content (AvgIpc) is 2.91. The van der Waals surface area contributed by atoms with Crippen LogP contribution < -0.4 is 5.32 Å². The van der Waals surface area contributed by atoms with E-state index in [2.05, 4.69) is 20.5 Å². The topological polar surface area (TPSA) is 90.9 Å². The van der Waals surface area contributed by atoms with Gasteiger partial charge >= 0.3 is 0 Å². The Morgan fingerprint density at radius 2 is 2.21 bits per heavy atom. The van der Waals surface area contributed by atoms with Crippen LogP contribution in [0.5, 0.6) is 5.75 Å². The van der Waals surface area contributed by atoms with Gasteiger partial charge in [-0.3, -0.25) is 9.89 Å². The fourth-order valence-corrected chi connectivity index (χ4v) is 1.73. The highest BCUT2D eigenvalue weighted by Crippen LogP contribution is 2.15. The second-order valence-corrected chi connectivity index (χ2v) is 4.19. The standard InChI is InChI=1S/C13H16N4O2/c18-11-5-2-1-4-10(11)8-13(19)14-7-3-6-12-15-9-16-17-12/h1-2,4-5,9,18H,3,6-8H2,(H,14,19)(H,15,16,17). The lowest BCUT2D eigenvalue weighted by atomic mass is 10.1. The van der Waals surface area contributed by atoms with Gasteiger partial charge in [-0.05, 0) is 12.5 Å². The van der Waals surface area contributed by atoms with Crippen molar-refractivity contribution in [1.82, 2.24) is 20.5 Å². The maximum absolute atomic E-state index is 11.7. The Bertz CT molecular complexity index is 525. The monoisotopic (exact) mass is 260 g/mol. The van der Waals surface area contributed by atoms with Crippen molar-refractivity contribution < 1.29 is 9.90 Å². The smallest absolute Gasteiger partial charge is 0.224 e. The molecule has 2 rings (SSSR count). The van der Waals surface area contributed by atoms with Crippen LogP contribution in [-0.4, -0.2) is 32.7 Å². The number of nitrogens with one attached hydrogen (secondary N) is 2. The van der Waals surface area contributed by atoms with Crippen LogP contribution in [0.3, 0.4) is 0 Å². The molecule has 0 unspecified atom stereocenters. The van der Waals surface area contributed by atoms with Crippen LogP contribution in [0.2, 0.25) is 0 Å². The second-order valence-electron chi connectivity index (χ2n) is 4.19. The first kappa shape index (κ1) is 13.1. The summed E-state index contributed by atoms with van der Waals surface area (Å²) in [6.07, 6.45) is 3.19. The molecule has 0 bridgehead atoms. The largest absolute Gasteiger partial charge is 0.508 e. The summed E-state index contributed by atoms with van der Waals surface area (Å²) in [4.78, 5) is 15.7. The number of amides is 1. The number of phenolic OH excluding ortho intramolecular Hbond substituents is 1. The first-order valence-electron chi connectivity index (χ1n) is 6.13. The number of aromatic nitrogens is 3. The van der Waals surface area contributed by atoms with Gasteiger partial charge in [-0.2, -0.15) is 5.10 Å². The van der Waals surface area contributed by atoms with Crippen LogP contribution in [0, 0.1) is 0 Å². The van der Waals surface area contributed by atoms with Crippen LogP contribution in [0.1, 0.15) is 17.8 Å². The van der Waals surface area contributed by atoms with E-state index >= 15 is 0 Å². The molecule has 0 saturated heterocycles. The Morgan fingerprint density at radius 1 is 1.37 bits per heavy atom. The van der Waals surface area contributed by atoms with E-state index in [9.17, 15) is 9.90 Å². The normalized spacial score (nSPS) is 10.3. The number of aromatic amines is 1. The van der Waals surface area contributed by atoms with Crippen molar-refractivity contribution >= 4 is 5.91 Å². The molecule has 3 N–H and O–H groups in total. The van der Waals surface area contributed by atoms with E-state index in [4.69, 9.17) is 0 Å². The van der Waals surface area contributed by atoms with E-state index in [0.29, 0.717) is 12.1 Å². The highest BCUT2D eigenvalue weighted by molar-refractivity contribution is 5.79. The third-order valence-corrected chi connectivity index (χ3v) is 2.72. The summed E-state index contributed by atoms with van der Waals surface area (Å²) >= 11 is 0. The SMILES string of the molecule is O=C(Cc1ccccc1O)NCCCc1ncn[nH]1. The number of aryl methyl sites for hydroxylation is 1. The van der Waals surface area contributed by atoms with Crippen molar-refractivity contribution in [2.45, 2.75) is 19.3 Å². The van der Waals surface area contributed by atoms with Crippen LogP contribution >= 0.6 is 0 Å². The summed E-state index contributed by atoms with van der Waals surface area (Å²) in [7, 11) is 0. The van der Waals surface area contributed by atoms with E-state index in [1.54, 1.807) is 24.3 Å². The number of benzene rings is 1. The number of hydrogen-bond donors (Lipinski definition) is 3. The lowest BCUT2D eigenvalue weighted by Gasteiger charge is -2.06. The molecule has 100 valence electrons. The molecule has 0 atom stereocenters. The molecule has 6 heteroatoms. The van der Waals surface area contributed by atoms with Gasteiger partial charge in [-0.15, -0.1) is 0 Å². The van der Waals surface area contributed by atoms with Gasteiger partial charge in [-0.1, -0.05) is 18.2 Å². The number of carbonyl (C=O) groups excluding carboxylic acids is 1. The van der Waals surface area contributed by atoms with E-state index in [1.165, 1.54) is 6.33 Å². The number of rotatable bonds is 6. The van der Waals surface area contributed by atoms with Crippen molar-refractivity contribution in [3.05, 3.63) is 42.0 Å². The fraction of sp³-hybridized carbons (Fsp3) is 0.308. The molecule has 0 aliphatic carbocycles. The lowest BCUT2D eigenvalue weighted by Crippen LogP contribution is -2.26. The van der Waals surface area contributed by atoms with Gasteiger partial charge in [0, 0.05) is 18.5 Å². The van der Waals surface area contributed by atoms with E-state index in [0.717, 1.165) is 18.7 Å². The molecule has 6 nitrogen and oxygen atoms in total. The average molecular weight is 260 g/mol. The van der Waals surface area contributed by atoms with Crippen LogP contribution in [0.15, 0.2) is 30.6 Å². The molecule has 0 aliphatic heterocycles. The summed E-state index contributed by atoms with van der Waals surface area (Å²) in [5.41, 5.74) is 0.634. The summed E-state index contributed by atoms with van der Waals surface area (Å²) in [5.74, 6) is 0.869. The summed E-state index contributed by atoms with van der Waals surface area (Å²) in [6.45, 7) is 0.577. The Balaban J connectivity index is 1.69. The lowest BCUT2D eigenvalue weighted by molar-refractivity contribution is -0.120. The number of para-hydroxylation sites is 1. The van der Waals surface area contributed by atoms with Gasteiger partial charge in [0.1, 0.15) is 17.9 Å². The summed E-state index contributed by atoms with van der Waals surface area (Å²) in [6, 6.07) is 6.84. The van der Waals surface area contributed by atoms with Crippen molar-refractivity contribution in [1.29, 1.82) is 0 Å². The molecule has 0 fully saturated rings. The predicted molar refractivity (Wildman–Crippen MR) is 69.5 cm³/mol. The molecule has 0 saturated carbocycles. The number of carbonyl (C=O) groups is 1. The third-order valence-electron chi connectivity index (χ3n) is 2.72. The number of hydrogen-bond acceptors (Lipinski definition) is 4. The van der Waals surface area contributed by atoms with E-state index in [1.807, 2.05) is 0 Å². The Kier molecular flexibility index (Phi) is 4.49. The zero-order valence-electron chi connectivity index (χ0n) is 10.5. The Morgan fingerprint density at radius 3 is 2.95 bits per heavy atom. The molecule has 0 radical (unpaired) electrons. The molecule has 2 aromatic rings. The maximum atomic E-state index is 11.7. The summed E-state index contributed by atoms with van der Waals surface area (Å²) < 4.78 is 0. The zero-order chi connectivity index (χ0) is 13.5. The molecule has 0 aliphatic rings. The number of phenols is 1. The highest BCUT2D eigenvalue weighted by atomic mass is 16.3. The van der Waals surface area contributed by atoms with Crippen molar-refractivity contribution in [3.8, 4) is 5.75 Å². The second kappa shape index (κ2) is 6.53. The Labute approximate surface area is 110 Å². The minimum absolute atomic E-state index is 0.0981. The van der Waals surface area contributed by atoms with E-state index < -0.39 is 0 Å². The van der Waals surface area contributed by atoms with Gasteiger partial charge in [-0.25, -0.2) is 4.98 Å². The number of H-pyrrole nitrogens is 1. The van der Waals surface area contributed by atoms with E-state index in [-0.39, 0.29) is 18.1 Å². The minimum Gasteiger partial charge on any atom is -0.508 e. The third kappa shape index (κ3) is 4.09. The molecule has 1 amide bonds. The van der Waals surface area contributed by atoms with Crippen LogP contribution in [0.4, 0.5) is 0 Å². The first-order chi connectivity index (χ1) is 9.25.